The van der Waals surface area contributed by atoms with E-state index in [1.54, 1.807) is 0 Å². The van der Waals surface area contributed by atoms with Crippen molar-refractivity contribution in [2.75, 3.05) is 11.4 Å². The van der Waals surface area contributed by atoms with Gasteiger partial charge >= 0.3 is 259 Å². The number of para-hydroxylation sites is 2. The Balaban J connectivity index is 1.26. The third kappa shape index (κ3) is 6.34. The summed E-state index contributed by atoms with van der Waals surface area (Å²) < 4.78 is 12.4. The zero-order valence-electron chi connectivity index (χ0n) is 29.8. The van der Waals surface area contributed by atoms with Crippen molar-refractivity contribution in [3.63, 3.8) is 0 Å². The fourth-order valence-corrected chi connectivity index (χ4v) is 7.96. The predicted molar refractivity (Wildman–Crippen MR) is 199 cm³/mol. The zero-order chi connectivity index (χ0) is 34.7. The first-order chi connectivity index (χ1) is 23.2. The van der Waals surface area contributed by atoms with Crippen molar-refractivity contribution in [2.45, 2.75) is 78.1 Å². The van der Waals surface area contributed by atoms with E-state index in [9.17, 15) is 0 Å². The topological polar surface area (TPSA) is 35.2 Å². The molecule has 7 rings (SSSR count). The first kappa shape index (κ1) is 33.3. The van der Waals surface area contributed by atoms with Crippen LogP contribution in [0.25, 0.3) is 22.4 Å². The minimum absolute atomic E-state index is 0.0462. The van der Waals surface area contributed by atoms with Crippen LogP contribution in [0.4, 0.5) is 11.5 Å². The Morgan fingerprint density at radius 3 is 2.00 bits per heavy atom. The molecule has 5 nitrogen and oxygen atoms in total. The van der Waals surface area contributed by atoms with Crippen molar-refractivity contribution >= 4 is 22.5 Å². The summed E-state index contributed by atoms with van der Waals surface area (Å²) in [6.45, 7) is 19.1. The van der Waals surface area contributed by atoms with E-state index in [1.807, 2.05) is 12.3 Å². The number of ether oxygens (including phenoxy) is 1. The Labute approximate surface area is 301 Å². The number of rotatable bonds is 5. The Morgan fingerprint density at radius 1 is 0.673 bits per heavy atom. The summed E-state index contributed by atoms with van der Waals surface area (Å²) in [5.41, 5.74) is 9.77. The van der Waals surface area contributed by atoms with Gasteiger partial charge in [0.2, 0.25) is 0 Å². The maximum absolute atomic E-state index is 6.66. The molecule has 0 unspecified atom stereocenters. The molecule has 0 radical (unpaired) electrons. The summed E-state index contributed by atoms with van der Waals surface area (Å²) >= 11 is 2.45. The van der Waals surface area contributed by atoms with E-state index in [0.29, 0.717) is 0 Å². The van der Waals surface area contributed by atoms with E-state index in [2.05, 4.69) is 186 Å². The Kier molecular flexibility index (Phi) is 8.35. The summed E-state index contributed by atoms with van der Waals surface area (Å²) in [6, 6.07) is 36.9. The van der Waals surface area contributed by atoms with E-state index in [0.717, 1.165) is 62.2 Å². The molecule has 3 heterocycles. The van der Waals surface area contributed by atoms with Crippen molar-refractivity contribution in [3.05, 3.63) is 130 Å². The van der Waals surface area contributed by atoms with Crippen LogP contribution in [0, 0.1) is 3.80 Å². The first-order valence-corrected chi connectivity index (χ1v) is 18.3. The van der Waals surface area contributed by atoms with Crippen molar-refractivity contribution in [3.8, 4) is 22.9 Å². The molecule has 0 bridgehead atoms. The van der Waals surface area contributed by atoms with Gasteiger partial charge in [-0.15, -0.1) is 0 Å². The molecule has 1 aliphatic rings. The van der Waals surface area contributed by atoms with Gasteiger partial charge in [-0.05, 0) is 17.0 Å². The van der Waals surface area contributed by atoms with Gasteiger partial charge in [0.25, 0.3) is 0 Å². The van der Waals surface area contributed by atoms with E-state index >= 15 is 0 Å². The van der Waals surface area contributed by atoms with Crippen molar-refractivity contribution < 1.29 is 24.1 Å². The van der Waals surface area contributed by atoms with Crippen molar-refractivity contribution in [1.29, 1.82) is 0 Å². The van der Waals surface area contributed by atoms with Gasteiger partial charge in [0, 0.05) is 6.20 Å². The molecule has 0 N–H and O–H groups in total. The Morgan fingerprint density at radius 2 is 1.33 bits per heavy atom. The van der Waals surface area contributed by atoms with Crippen LogP contribution >= 0.6 is 0 Å². The van der Waals surface area contributed by atoms with Crippen LogP contribution in [0.15, 0.2) is 109 Å². The second-order valence-corrected chi connectivity index (χ2v) is 16.9. The van der Waals surface area contributed by atoms with Gasteiger partial charge < -0.3 is 0 Å². The molecule has 6 aromatic rings. The fraction of sp³-hybridized carbons (Fsp3) is 0.302. The molecule has 2 aromatic heterocycles. The summed E-state index contributed by atoms with van der Waals surface area (Å²) in [5, 5.41) is 0. The predicted octanol–water partition coefficient (Wildman–Crippen LogP) is 11.1. The van der Waals surface area contributed by atoms with Crippen LogP contribution in [0.5, 0.6) is 11.5 Å². The number of pyridine rings is 1. The number of nitrogens with zero attached hydrogens (tertiary/aromatic N) is 4. The van der Waals surface area contributed by atoms with Crippen LogP contribution < -0.4 is 9.64 Å². The molecule has 0 amide bonds. The molecule has 254 valence electrons. The summed E-state index contributed by atoms with van der Waals surface area (Å²) in [7, 11) is 0. The fourth-order valence-electron chi connectivity index (χ4n) is 6.82. The quantitative estimate of drug-likeness (QED) is 0.174. The average molecular weight is 830 g/mol. The Hall–Kier alpha value is -4.21. The van der Waals surface area contributed by atoms with E-state index in [4.69, 9.17) is 9.72 Å². The van der Waals surface area contributed by atoms with Crippen molar-refractivity contribution in [1.82, 2.24) is 14.1 Å². The molecule has 1 aliphatic heterocycles. The molecule has 49 heavy (non-hydrogen) atoms. The maximum atomic E-state index is 6.66. The molecule has 4 aromatic carbocycles. The van der Waals surface area contributed by atoms with Gasteiger partial charge in [-0.3, -0.25) is 0 Å². The third-order valence-corrected chi connectivity index (χ3v) is 10.9. The SMILES string of the molecule is CC(C)(C)c1ccc(-n2[c](=[Pt])n(-c3cccc(Oc4ccc5c(c4)N(c4cc(C(C)(C)C)ccn4)CCC5(C)C)c3)c3ccccc32)cc1. The second kappa shape index (κ2) is 12.3. The van der Waals surface area contributed by atoms with Gasteiger partial charge in [0.15, 0.2) is 0 Å². The summed E-state index contributed by atoms with van der Waals surface area (Å²) in [5.74, 6) is 2.59. The van der Waals surface area contributed by atoms with E-state index in [-0.39, 0.29) is 16.2 Å². The first-order valence-electron chi connectivity index (χ1n) is 17.2. The Bertz CT molecular complexity index is 2230. The van der Waals surface area contributed by atoms with Crippen LogP contribution in [-0.2, 0) is 35.6 Å². The number of anilines is 2. The van der Waals surface area contributed by atoms with Gasteiger partial charge in [-0.1, -0.05) is 20.8 Å². The van der Waals surface area contributed by atoms with Crippen LogP contribution in [0.2, 0.25) is 0 Å². The number of fused-ring (bicyclic) bond motifs is 2. The number of hydrogen-bond acceptors (Lipinski definition) is 3. The van der Waals surface area contributed by atoms with Gasteiger partial charge in [-0.25, -0.2) is 0 Å². The van der Waals surface area contributed by atoms with Gasteiger partial charge in [-0.2, -0.15) is 0 Å². The second-order valence-electron chi connectivity index (χ2n) is 15.9. The molecule has 0 saturated carbocycles. The van der Waals surface area contributed by atoms with Crippen molar-refractivity contribution in [2.24, 2.45) is 0 Å². The molecule has 0 saturated heterocycles. The number of benzene rings is 4. The zero-order valence-corrected chi connectivity index (χ0v) is 32.1. The van der Waals surface area contributed by atoms with Gasteiger partial charge in [0.1, 0.15) is 0 Å². The third-order valence-electron chi connectivity index (χ3n) is 9.85. The monoisotopic (exact) mass is 829 g/mol. The molecule has 0 atom stereocenters. The standard InChI is InChI=1S/C43H46N4O.Pt/c1-41(2,3)30-16-18-32(19-17-30)46-29-47(38-15-10-9-14-37(38)46)33-12-11-13-34(27-33)48-35-20-21-36-39(28-35)45(25-23-43(36,7)8)40-26-31(22-24-44-40)42(4,5)6;/h9-22,24,26-28H,23,25H2,1-8H3;. The van der Waals surface area contributed by atoms with Crippen LogP contribution in [0.3, 0.4) is 0 Å². The number of imidazole rings is 1. The normalized spacial score (nSPS) is 14.6. The van der Waals surface area contributed by atoms with E-state index in [1.165, 1.54) is 16.7 Å². The average Bonchev–Trinajstić information content (AvgIpc) is 3.35. The number of aromatic nitrogens is 3. The number of hydrogen-bond donors (Lipinski definition) is 0. The van der Waals surface area contributed by atoms with Crippen LogP contribution in [0.1, 0.15) is 78.5 Å². The molecular weight excluding hydrogens is 784 g/mol. The van der Waals surface area contributed by atoms with Crippen LogP contribution in [-0.4, -0.2) is 20.7 Å². The summed E-state index contributed by atoms with van der Waals surface area (Å²) in [4.78, 5) is 7.19. The molecular formula is C43H46N4OPt. The minimum atomic E-state index is 0.0462. The van der Waals surface area contributed by atoms with E-state index < -0.39 is 0 Å². The molecule has 0 aliphatic carbocycles. The molecule has 0 spiro atoms. The molecule has 6 heteroatoms. The molecule has 0 fully saturated rings. The van der Waals surface area contributed by atoms with Gasteiger partial charge in [0.05, 0.1) is 0 Å². The summed E-state index contributed by atoms with van der Waals surface area (Å²) in [6.07, 6.45) is 2.99.